The number of hydrogen-bond acceptors (Lipinski definition) is 5. The quantitative estimate of drug-likeness (QED) is 0.149. The zero-order chi connectivity index (χ0) is 25.4. The van der Waals surface area contributed by atoms with Crippen LogP contribution in [0.5, 0.6) is 0 Å². The average Bonchev–Trinajstić information content (AvgIpc) is 3.27. The summed E-state index contributed by atoms with van der Waals surface area (Å²) in [6.07, 6.45) is -1.52. The number of hydrogen-bond donors (Lipinski definition) is 1. The Morgan fingerprint density at radius 1 is 1.11 bits per heavy atom. The molecule has 0 saturated carbocycles. The van der Waals surface area contributed by atoms with E-state index >= 15 is 0 Å². The molecule has 0 spiro atoms. The molecule has 1 unspecified atom stereocenters. The molecule has 176 valence electrons. The van der Waals surface area contributed by atoms with Crippen molar-refractivity contribution in [1.29, 1.82) is 0 Å². The van der Waals surface area contributed by atoms with Gasteiger partial charge in [-0.15, -0.1) is 0 Å². The van der Waals surface area contributed by atoms with E-state index in [4.69, 9.17) is 12.1 Å². The molecule has 5 rings (SSSR count). The molecule has 0 aliphatic rings. The zero-order valence-corrected chi connectivity index (χ0v) is 18.6. The lowest BCUT2D eigenvalue weighted by Gasteiger charge is -2.13. The first-order chi connectivity index (χ1) is 17.4. The van der Waals surface area contributed by atoms with E-state index < -0.39 is 18.0 Å². The Morgan fingerprint density at radius 2 is 1.92 bits per heavy atom. The van der Waals surface area contributed by atoms with Crippen molar-refractivity contribution in [2.45, 2.75) is 12.5 Å². The van der Waals surface area contributed by atoms with Gasteiger partial charge in [0.2, 0.25) is 5.69 Å². The van der Waals surface area contributed by atoms with E-state index in [0.29, 0.717) is 28.2 Å². The number of aromatic nitrogens is 5. The number of halogens is 2. The van der Waals surface area contributed by atoms with Gasteiger partial charge in [-0.05, 0) is 28.4 Å². The first-order valence-corrected chi connectivity index (χ1v) is 10.6. The first-order valence-electron chi connectivity index (χ1n) is 10.6. The molecular weight excluding hydrogens is 468 g/mol. The van der Waals surface area contributed by atoms with Crippen molar-refractivity contribution in [3.63, 3.8) is 0 Å². The van der Waals surface area contributed by atoms with Crippen LogP contribution < -0.4 is 5.56 Å². The summed E-state index contributed by atoms with van der Waals surface area (Å²) in [6.45, 7) is 7.82. The van der Waals surface area contributed by atoms with E-state index in [1.807, 2.05) is 36.4 Å². The normalized spacial score (nSPS) is 12.0. The third kappa shape index (κ3) is 3.60. The SMILES string of the molecule is [C-]#[N+]c1c(-c2c(-c3ccc4c(=O)[nH]nc(C(N=[N+]=[N-])C(F)F)c4n3)cnn2C)ccc2ccccc12. The largest absolute Gasteiger partial charge is 0.273 e. The Kier molecular flexibility index (Phi) is 5.60. The standard InChI is InChI=1S/C24H15F2N9O/c1-28-18-13-6-4-3-5-12(13)7-8-14(18)22-16(11-29-35(22)2)17-10-9-15-19(30-17)20(31-33-24(15)36)21(23(25)26)32-34-27/h3-11,21,23H,2H3,(H,33,36). The summed E-state index contributed by atoms with van der Waals surface area (Å²) >= 11 is 0. The van der Waals surface area contributed by atoms with Gasteiger partial charge in [0, 0.05) is 23.1 Å². The Morgan fingerprint density at radius 3 is 2.67 bits per heavy atom. The number of alkyl halides is 2. The minimum atomic E-state index is -3.07. The summed E-state index contributed by atoms with van der Waals surface area (Å²) in [5, 5.41) is 15.1. The molecule has 2 aromatic carbocycles. The fourth-order valence-electron chi connectivity index (χ4n) is 4.21. The molecule has 0 aliphatic carbocycles. The minimum absolute atomic E-state index is 0.0144. The summed E-state index contributed by atoms with van der Waals surface area (Å²) in [4.78, 5) is 23.1. The van der Waals surface area contributed by atoms with Crippen LogP contribution in [0.1, 0.15) is 11.7 Å². The van der Waals surface area contributed by atoms with E-state index in [2.05, 4.69) is 35.2 Å². The van der Waals surface area contributed by atoms with Gasteiger partial charge in [-0.25, -0.2) is 23.7 Å². The second kappa shape index (κ2) is 8.90. The van der Waals surface area contributed by atoms with Gasteiger partial charge in [0.1, 0.15) is 17.3 Å². The third-order valence-electron chi connectivity index (χ3n) is 5.84. The lowest BCUT2D eigenvalue weighted by Crippen LogP contribution is -2.17. The molecular formula is C24H15F2N9O. The predicted octanol–water partition coefficient (Wildman–Crippen LogP) is 5.71. The molecule has 0 fully saturated rings. The maximum Gasteiger partial charge on any atom is 0.273 e. The van der Waals surface area contributed by atoms with Gasteiger partial charge in [-0.1, -0.05) is 41.5 Å². The molecule has 1 atom stereocenters. The van der Waals surface area contributed by atoms with Gasteiger partial charge < -0.3 is 0 Å². The van der Waals surface area contributed by atoms with E-state index in [-0.39, 0.29) is 16.6 Å². The summed E-state index contributed by atoms with van der Waals surface area (Å²) in [5.41, 5.74) is 10.1. The van der Waals surface area contributed by atoms with Crippen LogP contribution >= 0.6 is 0 Å². The van der Waals surface area contributed by atoms with Gasteiger partial charge >= 0.3 is 0 Å². The topological polar surface area (TPSA) is 130 Å². The Balaban J connectivity index is 1.77. The molecule has 0 saturated heterocycles. The van der Waals surface area contributed by atoms with Crippen molar-refractivity contribution in [2.75, 3.05) is 0 Å². The van der Waals surface area contributed by atoms with E-state index in [0.717, 1.165) is 10.8 Å². The zero-order valence-electron chi connectivity index (χ0n) is 18.6. The van der Waals surface area contributed by atoms with Crippen molar-refractivity contribution >= 4 is 27.4 Å². The summed E-state index contributed by atoms with van der Waals surface area (Å²) < 4.78 is 28.9. The molecule has 0 bridgehead atoms. The molecule has 36 heavy (non-hydrogen) atoms. The third-order valence-corrected chi connectivity index (χ3v) is 5.84. The number of aryl methyl sites for hydroxylation is 1. The van der Waals surface area contributed by atoms with Gasteiger partial charge in [0.05, 0.1) is 29.5 Å². The summed E-state index contributed by atoms with van der Waals surface area (Å²) in [5.74, 6) is 0. The van der Waals surface area contributed by atoms with Crippen molar-refractivity contribution in [2.24, 2.45) is 12.2 Å². The van der Waals surface area contributed by atoms with E-state index in [9.17, 15) is 13.6 Å². The molecule has 0 aliphatic heterocycles. The Hall–Kier alpha value is -5.14. The predicted molar refractivity (Wildman–Crippen MR) is 129 cm³/mol. The van der Waals surface area contributed by atoms with Crippen LogP contribution in [-0.4, -0.2) is 31.4 Å². The number of pyridine rings is 1. The van der Waals surface area contributed by atoms with Crippen molar-refractivity contribution in [3.05, 3.63) is 92.6 Å². The van der Waals surface area contributed by atoms with Crippen LogP contribution in [0.3, 0.4) is 0 Å². The average molecular weight is 483 g/mol. The van der Waals surface area contributed by atoms with Crippen molar-refractivity contribution in [1.82, 2.24) is 25.0 Å². The van der Waals surface area contributed by atoms with Crippen LogP contribution in [0.2, 0.25) is 0 Å². The number of fused-ring (bicyclic) bond motifs is 2. The second-order valence-electron chi connectivity index (χ2n) is 7.84. The van der Waals surface area contributed by atoms with Gasteiger partial charge in [0.25, 0.3) is 12.0 Å². The Labute approximate surface area is 201 Å². The fourth-order valence-corrected chi connectivity index (χ4v) is 4.21. The fraction of sp³-hybridized carbons (Fsp3) is 0.125. The van der Waals surface area contributed by atoms with Crippen molar-refractivity contribution in [3.8, 4) is 22.5 Å². The molecule has 3 heterocycles. The molecule has 10 nitrogen and oxygen atoms in total. The Bertz CT molecular complexity index is 1800. The number of nitrogens with zero attached hydrogens (tertiary/aromatic N) is 8. The molecule has 3 aromatic heterocycles. The van der Waals surface area contributed by atoms with Gasteiger partial charge in [-0.2, -0.15) is 10.2 Å². The molecule has 1 N–H and O–H groups in total. The highest BCUT2D eigenvalue weighted by molar-refractivity contribution is 6.03. The number of nitrogens with one attached hydrogen (secondary N) is 1. The van der Waals surface area contributed by atoms with Crippen LogP contribution in [0, 0.1) is 6.57 Å². The van der Waals surface area contributed by atoms with Crippen LogP contribution in [-0.2, 0) is 7.05 Å². The molecule has 0 amide bonds. The van der Waals surface area contributed by atoms with Crippen LogP contribution in [0.25, 0.3) is 59.5 Å². The highest BCUT2D eigenvalue weighted by Crippen LogP contribution is 2.41. The lowest BCUT2D eigenvalue weighted by atomic mass is 9.98. The second-order valence-corrected chi connectivity index (χ2v) is 7.84. The smallest absolute Gasteiger partial charge is 0.269 e. The molecule has 0 radical (unpaired) electrons. The first kappa shape index (κ1) is 22.6. The summed E-state index contributed by atoms with van der Waals surface area (Å²) in [6, 6.07) is 12.3. The lowest BCUT2D eigenvalue weighted by molar-refractivity contribution is 0.115. The monoisotopic (exact) mass is 483 g/mol. The number of aromatic amines is 1. The molecule has 5 aromatic rings. The molecule has 12 heteroatoms. The van der Waals surface area contributed by atoms with Gasteiger partial charge in [0.15, 0.2) is 0 Å². The highest BCUT2D eigenvalue weighted by Gasteiger charge is 2.27. The highest BCUT2D eigenvalue weighted by atomic mass is 19.3. The van der Waals surface area contributed by atoms with E-state index in [1.165, 1.54) is 6.07 Å². The van der Waals surface area contributed by atoms with E-state index in [1.54, 1.807) is 24.0 Å². The maximum atomic E-state index is 13.7. The van der Waals surface area contributed by atoms with Gasteiger partial charge in [-0.3, -0.25) is 9.48 Å². The summed E-state index contributed by atoms with van der Waals surface area (Å²) in [7, 11) is 1.72. The van der Waals surface area contributed by atoms with Crippen LogP contribution in [0.4, 0.5) is 14.5 Å². The van der Waals surface area contributed by atoms with Crippen molar-refractivity contribution < 1.29 is 8.78 Å². The van der Waals surface area contributed by atoms with Crippen LogP contribution in [0.15, 0.2) is 64.6 Å². The minimum Gasteiger partial charge on any atom is -0.269 e. The number of azide groups is 1. The number of rotatable bonds is 5. The number of H-pyrrole nitrogens is 1. The number of benzene rings is 2. The maximum absolute atomic E-state index is 13.7.